The van der Waals surface area contributed by atoms with Crippen LogP contribution in [0.25, 0.3) is 11.0 Å². The molecule has 0 amide bonds. The van der Waals surface area contributed by atoms with Crippen molar-refractivity contribution in [2.45, 2.75) is 45.4 Å². The zero-order valence-corrected chi connectivity index (χ0v) is 13.6. The molecule has 0 aliphatic carbocycles. The minimum absolute atomic E-state index is 0.0474. The van der Waals surface area contributed by atoms with Gasteiger partial charge in [-0.1, -0.05) is 12.1 Å². The number of hydrogen-bond donors (Lipinski definition) is 3. The van der Waals surface area contributed by atoms with Crippen LogP contribution in [0.2, 0.25) is 0 Å². The molecule has 22 heavy (non-hydrogen) atoms. The molecule has 1 aromatic heterocycles. The fourth-order valence-corrected chi connectivity index (χ4v) is 2.04. The summed E-state index contributed by atoms with van der Waals surface area (Å²) in [6.45, 7) is 8.41. The predicted molar refractivity (Wildman–Crippen MR) is 86.1 cm³/mol. The van der Waals surface area contributed by atoms with Crippen LogP contribution in [0.15, 0.2) is 28.7 Å². The van der Waals surface area contributed by atoms with Gasteiger partial charge in [-0.05, 0) is 39.8 Å². The van der Waals surface area contributed by atoms with Crippen molar-refractivity contribution in [3.05, 3.63) is 30.0 Å². The average molecular weight is 307 g/mol. The van der Waals surface area contributed by atoms with E-state index in [1.165, 1.54) is 0 Å². The normalized spacial score (nSPS) is 15.0. The van der Waals surface area contributed by atoms with E-state index in [1.54, 1.807) is 19.1 Å². The van der Waals surface area contributed by atoms with E-state index in [0.29, 0.717) is 23.6 Å². The van der Waals surface area contributed by atoms with Crippen LogP contribution in [-0.4, -0.2) is 35.0 Å². The Morgan fingerprint density at radius 1 is 1.27 bits per heavy atom. The molecule has 0 fully saturated rings. The quantitative estimate of drug-likeness (QED) is 0.765. The van der Waals surface area contributed by atoms with E-state index < -0.39 is 12.2 Å². The van der Waals surface area contributed by atoms with Crippen molar-refractivity contribution >= 4 is 11.0 Å². The Labute approximate surface area is 130 Å². The number of ether oxygens (including phenoxy) is 1. The molecule has 0 saturated heterocycles. The van der Waals surface area contributed by atoms with E-state index in [1.807, 2.05) is 32.9 Å². The molecular formula is C17H25NO4. The first-order valence-electron chi connectivity index (χ1n) is 7.52. The first-order valence-corrected chi connectivity index (χ1v) is 7.52. The number of fused-ring (bicyclic) bond motifs is 1. The summed E-state index contributed by atoms with van der Waals surface area (Å²) >= 11 is 0. The maximum Gasteiger partial charge on any atom is 0.176 e. The van der Waals surface area contributed by atoms with Gasteiger partial charge in [0.15, 0.2) is 11.3 Å². The zero-order valence-electron chi connectivity index (χ0n) is 13.6. The van der Waals surface area contributed by atoms with Gasteiger partial charge in [-0.15, -0.1) is 0 Å². The van der Waals surface area contributed by atoms with E-state index in [2.05, 4.69) is 5.32 Å². The van der Waals surface area contributed by atoms with Crippen LogP contribution >= 0.6 is 0 Å². The van der Waals surface area contributed by atoms with Crippen molar-refractivity contribution in [3.63, 3.8) is 0 Å². The lowest BCUT2D eigenvalue weighted by Crippen LogP contribution is -2.42. The Balaban J connectivity index is 2.02. The van der Waals surface area contributed by atoms with E-state index in [-0.39, 0.29) is 12.1 Å². The van der Waals surface area contributed by atoms with Gasteiger partial charge in [-0.3, -0.25) is 0 Å². The molecule has 0 aliphatic rings. The number of para-hydroxylation sites is 1. The molecule has 2 unspecified atom stereocenters. The smallest absolute Gasteiger partial charge is 0.176 e. The highest BCUT2D eigenvalue weighted by molar-refractivity contribution is 5.83. The summed E-state index contributed by atoms with van der Waals surface area (Å²) in [6, 6.07) is 7.35. The molecule has 0 spiro atoms. The van der Waals surface area contributed by atoms with Gasteiger partial charge in [-0.2, -0.15) is 0 Å². The minimum Gasteiger partial charge on any atom is -0.487 e. The number of nitrogens with one attached hydrogen (secondary N) is 1. The molecule has 0 saturated carbocycles. The second-order valence-corrected chi connectivity index (χ2v) is 6.59. The Kier molecular flexibility index (Phi) is 5.11. The van der Waals surface area contributed by atoms with Gasteiger partial charge >= 0.3 is 0 Å². The second-order valence-electron chi connectivity index (χ2n) is 6.59. The van der Waals surface area contributed by atoms with Crippen LogP contribution in [0.4, 0.5) is 0 Å². The molecule has 1 aromatic carbocycles. The van der Waals surface area contributed by atoms with Crippen LogP contribution < -0.4 is 10.1 Å². The number of hydrogen-bond acceptors (Lipinski definition) is 5. The van der Waals surface area contributed by atoms with Gasteiger partial charge in [-0.25, -0.2) is 0 Å². The van der Waals surface area contributed by atoms with Crippen molar-refractivity contribution in [1.29, 1.82) is 0 Å². The zero-order chi connectivity index (χ0) is 16.3. The molecular weight excluding hydrogens is 282 g/mol. The maximum absolute atomic E-state index is 9.98. The number of rotatable bonds is 6. The molecule has 0 radical (unpaired) electrons. The summed E-state index contributed by atoms with van der Waals surface area (Å²) < 4.78 is 11.3. The van der Waals surface area contributed by atoms with Gasteiger partial charge in [0, 0.05) is 17.5 Å². The first-order chi connectivity index (χ1) is 10.3. The topological polar surface area (TPSA) is 74.9 Å². The van der Waals surface area contributed by atoms with Crippen LogP contribution in [0.3, 0.4) is 0 Å². The number of aliphatic hydroxyl groups is 2. The summed E-state index contributed by atoms with van der Waals surface area (Å²) in [5.41, 5.74) is 0.545. The van der Waals surface area contributed by atoms with Gasteiger partial charge in [0.2, 0.25) is 0 Å². The van der Waals surface area contributed by atoms with E-state index in [9.17, 15) is 10.2 Å². The van der Waals surface area contributed by atoms with Crippen molar-refractivity contribution in [3.8, 4) is 5.75 Å². The Bertz CT molecular complexity index is 613. The highest BCUT2D eigenvalue weighted by atomic mass is 16.5. The van der Waals surface area contributed by atoms with Gasteiger partial charge in [0.25, 0.3) is 0 Å². The van der Waals surface area contributed by atoms with Crippen molar-refractivity contribution in [2.75, 3.05) is 13.2 Å². The van der Waals surface area contributed by atoms with Crippen LogP contribution in [0, 0.1) is 0 Å². The third-order valence-electron chi connectivity index (χ3n) is 3.24. The highest BCUT2D eigenvalue weighted by Gasteiger charge is 2.15. The summed E-state index contributed by atoms with van der Waals surface area (Å²) in [5.74, 6) is 1.07. The fraction of sp³-hybridized carbons (Fsp3) is 0.529. The third-order valence-corrected chi connectivity index (χ3v) is 3.24. The molecule has 3 N–H and O–H groups in total. The highest BCUT2D eigenvalue weighted by Crippen LogP contribution is 2.31. The summed E-state index contributed by atoms with van der Waals surface area (Å²) in [4.78, 5) is 0. The van der Waals surface area contributed by atoms with Gasteiger partial charge < -0.3 is 24.7 Å². The lowest BCUT2D eigenvalue weighted by atomic mass is 10.1. The predicted octanol–water partition coefficient (Wildman–Crippen LogP) is 2.61. The summed E-state index contributed by atoms with van der Waals surface area (Å²) in [5, 5.41) is 23.7. The molecule has 0 bridgehead atoms. The number of furan rings is 1. The Morgan fingerprint density at radius 3 is 2.64 bits per heavy atom. The fourth-order valence-electron chi connectivity index (χ4n) is 2.04. The van der Waals surface area contributed by atoms with Crippen molar-refractivity contribution in [1.82, 2.24) is 5.32 Å². The molecule has 2 aromatic rings. The number of aliphatic hydroxyl groups excluding tert-OH is 2. The molecule has 1 heterocycles. The lowest BCUT2D eigenvalue weighted by molar-refractivity contribution is 0.100. The Morgan fingerprint density at radius 2 is 2.00 bits per heavy atom. The van der Waals surface area contributed by atoms with Crippen LogP contribution in [0.1, 0.15) is 39.6 Å². The number of β-amino-alcohol motifs (C(OH)–C–C–N with tert-alkyl or cyclic N) is 1. The molecule has 2 atom stereocenters. The summed E-state index contributed by atoms with van der Waals surface area (Å²) in [7, 11) is 0. The van der Waals surface area contributed by atoms with Crippen LogP contribution in [-0.2, 0) is 0 Å². The van der Waals surface area contributed by atoms with Gasteiger partial charge in [0.1, 0.15) is 24.6 Å². The molecule has 5 nitrogen and oxygen atoms in total. The SMILES string of the molecule is CC(O)c1cc2cccc(OCC(O)CNC(C)(C)C)c2o1. The van der Waals surface area contributed by atoms with E-state index in [4.69, 9.17) is 9.15 Å². The third kappa shape index (κ3) is 4.47. The van der Waals surface area contributed by atoms with Crippen molar-refractivity contribution < 1.29 is 19.4 Å². The monoisotopic (exact) mass is 307 g/mol. The molecule has 122 valence electrons. The average Bonchev–Trinajstić information content (AvgIpc) is 2.86. The second kappa shape index (κ2) is 6.69. The molecule has 5 heteroatoms. The van der Waals surface area contributed by atoms with Crippen LogP contribution in [0.5, 0.6) is 5.75 Å². The van der Waals surface area contributed by atoms with Gasteiger partial charge in [0.05, 0.1) is 0 Å². The first kappa shape index (κ1) is 16.8. The van der Waals surface area contributed by atoms with E-state index >= 15 is 0 Å². The summed E-state index contributed by atoms with van der Waals surface area (Å²) in [6.07, 6.45) is -1.28. The van der Waals surface area contributed by atoms with Crippen molar-refractivity contribution in [2.24, 2.45) is 0 Å². The van der Waals surface area contributed by atoms with E-state index in [0.717, 1.165) is 5.39 Å². The molecule has 2 rings (SSSR count). The largest absolute Gasteiger partial charge is 0.487 e. The standard InChI is InChI=1S/C17H25NO4/c1-11(19)15-8-12-6-5-7-14(16(12)22-15)21-10-13(20)9-18-17(2,3)4/h5-8,11,13,18-20H,9-10H2,1-4H3. The Hall–Kier alpha value is -1.56. The minimum atomic E-state index is -0.665. The number of benzene rings is 1. The maximum atomic E-state index is 9.98. The molecule has 0 aliphatic heterocycles. The lowest BCUT2D eigenvalue weighted by Gasteiger charge is -2.22.